The molecular formula is C26H19ClN4O4S2. The Morgan fingerprint density at radius 2 is 1.51 bits per heavy atom. The first-order valence-corrected chi connectivity index (χ1v) is 14.7. The SMILES string of the molecule is CS(=O)(=O)c1ccc(-c2ccnc3ccc(-c4cnc(Cl)c(NS(=O)(=O)c5ccccc5)c4)nc23)cc1. The molecule has 2 aromatic carbocycles. The van der Waals surface area contributed by atoms with Crippen molar-refractivity contribution >= 4 is 48.2 Å². The van der Waals surface area contributed by atoms with Crippen LogP contribution in [-0.2, 0) is 19.9 Å². The fraction of sp³-hybridized carbons (Fsp3) is 0.0385. The van der Waals surface area contributed by atoms with Gasteiger partial charge in [-0.1, -0.05) is 41.9 Å². The number of sulfone groups is 1. The lowest BCUT2D eigenvalue weighted by Crippen LogP contribution is -2.13. The van der Waals surface area contributed by atoms with Gasteiger partial charge in [0, 0.05) is 29.8 Å². The van der Waals surface area contributed by atoms with E-state index in [1.165, 1.54) is 18.3 Å². The Morgan fingerprint density at radius 1 is 0.784 bits per heavy atom. The lowest BCUT2D eigenvalue weighted by Gasteiger charge is -2.12. The van der Waals surface area contributed by atoms with Crippen LogP contribution >= 0.6 is 11.6 Å². The van der Waals surface area contributed by atoms with Gasteiger partial charge in [0.05, 0.1) is 32.2 Å². The van der Waals surface area contributed by atoms with Crippen LogP contribution in [-0.4, -0.2) is 38.0 Å². The van der Waals surface area contributed by atoms with Crippen LogP contribution in [0.4, 0.5) is 5.69 Å². The topological polar surface area (TPSA) is 119 Å². The van der Waals surface area contributed by atoms with Crippen LogP contribution < -0.4 is 4.72 Å². The Kier molecular flexibility index (Phi) is 6.40. The zero-order valence-electron chi connectivity index (χ0n) is 19.3. The van der Waals surface area contributed by atoms with Gasteiger partial charge in [-0.05, 0) is 54.1 Å². The molecule has 5 rings (SSSR count). The molecule has 186 valence electrons. The predicted octanol–water partition coefficient (Wildman–Crippen LogP) is 5.22. The summed E-state index contributed by atoms with van der Waals surface area (Å²) in [5, 5.41) is -0.00244. The maximum Gasteiger partial charge on any atom is 0.261 e. The number of aromatic nitrogens is 3. The van der Waals surface area contributed by atoms with E-state index in [1.807, 2.05) is 0 Å². The van der Waals surface area contributed by atoms with Gasteiger partial charge in [-0.15, -0.1) is 0 Å². The molecule has 0 radical (unpaired) electrons. The molecule has 3 heterocycles. The largest absolute Gasteiger partial charge is 0.276 e. The molecule has 0 aliphatic carbocycles. The first kappa shape index (κ1) is 24.8. The van der Waals surface area contributed by atoms with Crippen LogP contribution in [0.5, 0.6) is 0 Å². The van der Waals surface area contributed by atoms with E-state index in [0.29, 0.717) is 22.3 Å². The minimum absolute atomic E-state index is 0.00244. The van der Waals surface area contributed by atoms with Gasteiger partial charge in [0.1, 0.15) is 0 Å². The highest BCUT2D eigenvalue weighted by molar-refractivity contribution is 7.92. The zero-order valence-corrected chi connectivity index (χ0v) is 21.7. The molecule has 0 fully saturated rings. The summed E-state index contributed by atoms with van der Waals surface area (Å²) >= 11 is 6.21. The van der Waals surface area contributed by atoms with Gasteiger partial charge >= 0.3 is 0 Å². The van der Waals surface area contributed by atoms with E-state index in [0.717, 1.165) is 17.4 Å². The average Bonchev–Trinajstić information content (AvgIpc) is 2.89. The van der Waals surface area contributed by atoms with Gasteiger partial charge in [-0.3, -0.25) is 9.71 Å². The number of halogens is 1. The molecule has 0 bridgehead atoms. The number of rotatable bonds is 6. The Hall–Kier alpha value is -3.86. The molecule has 0 aliphatic rings. The normalized spacial score (nSPS) is 11.9. The summed E-state index contributed by atoms with van der Waals surface area (Å²) in [7, 11) is -7.19. The highest BCUT2D eigenvalue weighted by Gasteiger charge is 2.17. The Morgan fingerprint density at radius 3 is 2.22 bits per heavy atom. The molecule has 3 aromatic heterocycles. The molecule has 0 unspecified atom stereocenters. The second-order valence-corrected chi connectivity index (χ2v) is 12.3. The van der Waals surface area contributed by atoms with Crippen LogP contribution in [0.3, 0.4) is 0 Å². The molecule has 37 heavy (non-hydrogen) atoms. The minimum Gasteiger partial charge on any atom is -0.276 e. The van der Waals surface area contributed by atoms with Gasteiger partial charge in [0.2, 0.25) is 0 Å². The molecule has 1 N–H and O–H groups in total. The van der Waals surface area contributed by atoms with Crippen molar-refractivity contribution < 1.29 is 16.8 Å². The molecule has 0 atom stereocenters. The van der Waals surface area contributed by atoms with E-state index >= 15 is 0 Å². The third-order valence-corrected chi connectivity index (χ3v) is 8.42. The lowest BCUT2D eigenvalue weighted by molar-refractivity contribution is 0.600. The van der Waals surface area contributed by atoms with Crippen LogP contribution in [0.15, 0.2) is 101 Å². The Labute approximate surface area is 219 Å². The highest BCUT2D eigenvalue weighted by atomic mass is 35.5. The van der Waals surface area contributed by atoms with Gasteiger partial charge in [0.25, 0.3) is 10.0 Å². The molecular weight excluding hydrogens is 532 g/mol. The number of nitrogens with zero attached hydrogens (tertiary/aromatic N) is 3. The quantitative estimate of drug-likeness (QED) is 0.288. The fourth-order valence-corrected chi connectivity index (χ4v) is 5.68. The maximum absolute atomic E-state index is 12.8. The number of hydrogen-bond donors (Lipinski definition) is 1. The second kappa shape index (κ2) is 9.55. The van der Waals surface area contributed by atoms with Crippen molar-refractivity contribution in [3.05, 3.63) is 96.4 Å². The van der Waals surface area contributed by atoms with Crippen LogP contribution in [0.1, 0.15) is 0 Å². The predicted molar refractivity (Wildman–Crippen MR) is 144 cm³/mol. The molecule has 0 spiro atoms. The third kappa shape index (κ3) is 5.17. The van der Waals surface area contributed by atoms with Crippen molar-refractivity contribution in [3.63, 3.8) is 0 Å². The second-order valence-electron chi connectivity index (χ2n) is 8.20. The van der Waals surface area contributed by atoms with Crippen molar-refractivity contribution in [1.29, 1.82) is 0 Å². The summed E-state index contributed by atoms with van der Waals surface area (Å²) in [5.74, 6) is 0. The van der Waals surface area contributed by atoms with E-state index in [-0.39, 0.29) is 20.6 Å². The Balaban J connectivity index is 1.55. The molecule has 0 saturated carbocycles. The van der Waals surface area contributed by atoms with Crippen LogP contribution in [0.2, 0.25) is 5.15 Å². The number of nitrogens with one attached hydrogen (secondary N) is 1. The van der Waals surface area contributed by atoms with Crippen molar-refractivity contribution in [1.82, 2.24) is 15.0 Å². The van der Waals surface area contributed by atoms with Gasteiger partial charge in [-0.2, -0.15) is 0 Å². The molecule has 11 heteroatoms. The maximum atomic E-state index is 12.8. The summed E-state index contributed by atoms with van der Waals surface area (Å²) in [6.45, 7) is 0. The Bertz CT molecular complexity index is 1850. The summed E-state index contributed by atoms with van der Waals surface area (Å²) in [4.78, 5) is 13.6. The number of pyridine rings is 3. The van der Waals surface area contributed by atoms with E-state index in [2.05, 4.69) is 14.7 Å². The van der Waals surface area contributed by atoms with Crippen molar-refractivity contribution in [2.75, 3.05) is 11.0 Å². The summed E-state index contributed by atoms with van der Waals surface area (Å²) < 4.78 is 51.8. The molecule has 8 nitrogen and oxygen atoms in total. The number of sulfonamides is 1. The van der Waals surface area contributed by atoms with Crippen LogP contribution in [0, 0.1) is 0 Å². The summed E-state index contributed by atoms with van der Waals surface area (Å²) in [6.07, 6.45) is 4.32. The van der Waals surface area contributed by atoms with E-state index in [4.69, 9.17) is 16.6 Å². The number of benzene rings is 2. The standard InChI is InChI=1S/C26H19ClN4O4S2/c1-36(32,33)19-9-7-17(8-10-19)21-13-14-28-23-12-11-22(30-25(21)23)18-15-24(26(27)29-16-18)31-37(34,35)20-5-3-2-4-6-20/h2-16,31H,1H3. The third-order valence-electron chi connectivity index (χ3n) is 5.61. The van der Waals surface area contributed by atoms with Gasteiger partial charge in [-0.25, -0.2) is 26.8 Å². The first-order valence-electron chi connectivity index (χ1n) is 10.9. The fourth-order valence-electron chi connectivity index (χ4n) is 3.76. The van der Waals surface area contributed by atoms with Crippen LogP contribution in [0.25, 0.3) is 33.4 Å². The van der Waals surface area contributed by atoms with E-state index in [9.17, 15) is 16.8 Å². The molecule has 0 aliphatic heterocycles. The van der Waals surface area contributed by atoms with Gasteiger partial charge in [0.15, 0.2) is 15.0 Å². The average molecular weight is 551 g/mol. The number of fused-ring (bicyclic) bond motifs is 1. The van der Waals surface area contributed by atoms with Crippen molar-refractivity contribution in [2.24, 2.45) is 0 Å². The molecule has 0 saturated heterocycles. The highest BCUT2D eigenvalue weighted by Crippen LogP contribution is 2.31. The number of hydrogen-bond acceptors (Lipinski definition) is 7. The minimum atomic E-state index is -3.87. The first-order chi connectivity index (χ1) is 17.6. The van der Waals surface area contributed by atoms with Crippen molar-refractivity contribution in [3.8, 4) is 22.4 Å². The van der Waals surface area contributed by atoms with Gasteiger partial charge < -0.3 is 0 Å². The molecule has 5 aromatic rings. The summed E-state index contributed by atoms with van der Waals surface area (Å²) in [5.41, 5.74) is 3.95. The van der Waals surface area contributed by atoms with E-state index in [1.54, 1.807) is 72.9 Å². The molecule has 0 amide bonds. The monoisotopic (exact) mass is 550 g/mol. The number of anilines is 1. The smallest absolute Gasteiger partial charge is 0.261 e. The van der Waals surface area contributed by atoms with Crippen molar-refractivity contribution in [2.45, 2.75) is 9.79 Å². The lowest BCUT2D eigenvalue weighted by atomic mass is 10.0. The zero-order chi connectivity index (χ0) is 26.2. The van der Waals surface area contributed by atoms with E-state index < -0.39 is 19.9 Å². The summed E-state index contributed by atoms with van der Waals surface area (Å²) in [6, 6.07) is 21.4.